The zero-order chi connectivity index (χ0) is 28.4. The molecule has 8 nitrogen and oxygen atoms in total. The lowest BCUT2D eigenvalue weighted by molar-refractivity contribution is -0.182. The predicted molar refractivity (Wildman–Crippen MR) is 152 cm³/mol. The Morgan fingerprint density at radius 3 is 1.68 bits per heavy atom. The first-order chi connectivity index (χ1) is 20.1. The van der Waals surface area contributed by atoms with Gasteiger partial charge in [0.15, 0.2) is 12.3 Å². The fourth-order valence-corrected chi connectivity index (χ4v) is 5.21. The molecule has 4 aromatic carbocycles. The fourth-order valence-electron chi connectivity index (χ4n) is 4.09. The summed E-state index contributed by atoms with van der Waals surface area (Å²) >= 11 is 1.07. The number of hydrogen-bond acceptors (Lipinski definition) is 9. The van der Waals surface area contributed by atoms with Crippen LogP contribution in [0.5, 0.6) is 0 Å². The summed E-state index contributed by atoms with van der Waals surface area (Å²) in [5.74, 6) is -1.72. The van der Waals surface area contributed by atoms with Crippen LogP contribution in [0.15, 0.2) is 121 Å². The topological polar surface area (TPSA) is 91.4 Å². The van der Waals surface area contributed by atoms with Crippen molar-refractivity contribution in [2.24, 2.45) is 0 Å². The molecule has 208 valence electrons. The third kappa shape index (κ3) is 7.40. The average Bonchev–Trinajstić information content (AvgIpc) is 3.35. The normalized spacial score (nSPS) is 18.4. The van der Waals surface area contributed by atoms with Crippen LogP contribution in [-0.2, 0) is 25.7 Å². The highest BCUT2D eigenvalue weighted by Crippen LogP contribution is 2.38. The van der Waals surface area contributed by atoms with Crippen LogP contribution in [0.1, 0.15) is 36.6 Å². The van der Waals surface area contributed by atoms with Gasteiger partial charge in [0.05, 0.1) is 28.5 Å². The summed E-state index contributed by atoms with van der Waals surface area (Å²) in [6, 6.07) is 35.1. The Labute approximate surface area is 241 Å². The lowest BCUT2D eigenvalue weighted by atomic mass is 10.2. The van der Waals surface area contributed by atoms with Gasteiger partial charge in [0.1, 0.15) is 6.61 Å². The van der Waals surface area contributed by atoms with E-state index in [9.17, 15) is 14.4 Å². The smallest absolute Gasteiger partial charge is 0.357 e. The molecule has 1 heterocycles. The average molecular weight is 570 g/mol. The molecule has 4 aromatic rings. The van der Waals surface area contributed by atoms with Crippen LogP contribution >= 0.6 is 11.9 Å². The predicted octanol–water partition coefficient (Wildman–Crippen LogP) is 5.72. The third-order valence-electron chi connectivity index (χ3n) is 6.18. The first-order valence-electron chi connectivity index (χ1n) is 13.0. The molecule has 9 heteroatoms. The second kappa shape index (κ2) is 13.8. The summed E-state index contributed by atoms with van der Waals surface area (Å²) < 4.78 is 19.1. The summed E-state index contributed by atoms with van der Waals surface area (Å²) in [4.78, 5) is 44.6. The first kappa shape index (κ1) is 28.1. The molecule has 0 N–H and O–H groups in total. The van der Waals surface area contributed by atoms with Crippen LogP contribution in [0.25, 0.3) is 0 Å². The van der Waals surface area contributed by atoms with Gasteiger partial charge in [-0.05, 0) is 58.4 Å². The van der Waals surface area contributed by atoms with Crippen molar-refractivity contribution in [2.45, 2.75) is 24.2 Å². The van der Waals surface area contributed by atoms with Gasteiger partial charge in [-0.2, -0.15) is 0 Å². The SMILES string of the molecule is O=C(OC[C@@H]1SN(OC(=O)c2ccccc2)[C@@H](OCc2ccccc2)[C@H]1OC(=O)c1ccccc1)c1ccccc1. The maximum atomic E-state index is 13.2. The van der Waals surface area contributed by atoms with E-state index in [0.29, 0.717) is 16.7 Å². The highest BCUT2D eigenvalue weighted by Gasteiger charge is 2.49. The molecule has 0 amide bonds. The van der Waals surface area contributed by atoms with E-state index in [-0.39, 0.29) is 13.2 Å². The number of rotatable bonds is 10. The minimum atomic E-state index is -0.999. The molecule has 1 aliphatic rings. The van der Waals surface area contributed by atoms with Crippen LogP contribution in [0.2, 0.25) is 0 Å². The maximum absolute atomic E-state index is 13.2. The van der Waals surface area contributed by atoms with Gasteiger partial charge in [-0.3, -0.25) is 0 Å². The summed E-state index contributed by atoms with van der Waals surface area (Å²) in [6.07, 6.45) is -1.95. The van der Waals surface area contributed by atoms with Crippen molar-refractivity contribution in [3.05, 3.63) is 144 Å². The standard InChI is InChI=1S/C32H27NO7S/c34-30(24-15-7-2-8-16-24)38-22-27-28(39-31(35)25-17-9-3-10-18-25)29(37-21-23-13-5-1-6-14-23)33(41-27)40-32(36)26-19-11-4-12-20-26/h1-20,27-29H,21-22H2/t27-,28-,29-/m0/s1. The van der Waals surface area contributed by atoms with Gasteiger partial charge in [0.25, 0.3) is 0 Å². The third-order valence-corrected chi connectivity index (χ3v) is 7.35. The Bertz CT molecular complexity index is 1440. The lowest BCUT2D eigenvalue weighted by Crippen LogP contribution is -2.42. The van der Waals surface area contributed by atoms with Crippen molar-refractivity contribution in [2.75, 3.05) is 6.61 Å². The maximum Gasteiger partial charge on any atom is 0.357 e. The number of carbonyl (C=O) groups excluding carboxylic acids is 3. The van der Waals surface area contributed by atoms with E-state index < -0.39 is 35.5 Å². The van der Waals surface area contributed by atoms with Gasteiger partial charge < -0.3 is 19.0 Å². The van der Waals surface area contributed by atoms with Crippen LogP contribution in [0.4, 0.5) is 0 Å². The molecule has 0 bridgehead atoms. The van der Waals surface area contributed by atoms with E-state index in [0.717, 1.165) is 17.5 Å². The second-order valence-corrected chi connectivity index (χ2v) is 10.2. The van der Waals surface area contributed by atoms with Gasteiger partial charge >= 0.3 is 17.9 Å². The fraction of sp³-hybridized carbons (Fsp3) is 0.156. The van der Waals surface area contributed by atoms with Gasteiger partial charge in [-0.1, -0.05) is 84.9 Å². The summed E-state index contributed by atoms with van der Waals surface area (Å²) in [7, 11) is 0. The van der Waals surface area contributed by atoms with E-state index in [1.165, 1.54) is 4.47 Å². The number of carbonyl (C=O) groups is 3. The van der Waals surface area contributed by atoms with Crippen molar-refractivity contribution < 1.29 is 33.4 Å². The molecule has 1 saturated heterocycles. The monoisotopic (exact) mass is 569 g/mol. The quantitative estimate of drug-likeness (QED) is 0.176. The van der Waals surface area contributed by atoms with Gasteiger partial charge in [-0.15, -0.1) is 0 Å². The molecule has 1 fully saturated rings. The number of nitrogens with zero attached hydrogens (tertiary/aromatic N) is 1. The van der Waals surface area contributed by atoms with Crippen molar-refractivity contribution >= 4 is 29.9 Å². The van der Waals surface area contributed by atoms with E-state index in [4.69, 9.17) is 19.0 Å². The molecular formula is C32H27NO7S. The highest BCUT2D eigenvalue weighted by molar-refractivity contribution is 7.97. The largest absolute Gasteiger partial charge is 0.461 e. The molecular weight excluding hydrogens is 542 g/mol. The highest BCUT2D eigenvalue weighted by atomic mass is 32.2. The molecule has 41 heavy (non-hydrogen) atoms. The number of benzene rings is 4. The van der Waals surface area contributed by atoms with E-state index in [2.05, 4.69) is 0 Å². The molecule has 0 radical (unpaired) electrons. The Morgan fingerprint density at radius 1 is 0.634 bits per heavy atom. The minimum absolute atomic E-state index is 0.129. The van der Waals surface area contributed by atoms with Gasteiger partial charge in [0.2, 0.25) is 0 Å². The summed E-state index contributed by atoms with van der Waals surface area (Å²) in [5.41, 5.74) is 1.95. The molecule has 0 aromatic heterocycles. The van der Waals surface area contributed by atoms with Gasteiger partial charge in [-0.25, -0.2) is 14.4 Å². The molecule has 0 spiro atoms. The molecule has 0 saturated carbocycles. The molecule has 0 unspecified atom stereocenters. The summed E-state index contributed by atoms with van der Waals surface area (Å²) in [5, 5.41) is -0.639. The number of hydroxylamine groups is 1. The van der Waals surface area contributed by atoms with Crippen molar-refractivity contribution in [3.8, 4) is 0 Å². The Hall–Kier alpha value is -4.44. The van der Waals surface area contributed by atoms with Crippen LogP contribution < -0.4 is 0 Å². The van der Waals surface area contributed by atoms with Crippen molar-refractivity contribution in [1.29, 1.82) is 0 Å². The van der Waals surface area contributed by atoms with E-state index in [1.807, 2.05) is 30.3 Å². The molecule has 0 aliphatic carbocycles. The first-order valence-corrected chi connectivity index (χ1v) is 13.8. The zero-order valence-electron chi connectivity index (χ0n) is 21.9. The van der Waals surface area contributed by atoms with Crippen LogP contribution in [-0.4, -0.2) is 46.6 Å². The molecule has 5 rings (SSSR count). The van der Waals surface area contributed by atoms with Crippen molar-refractivity contribution in [3.63, 3.8) is 0 Å². The summed E-state index contributed by atoms with van der Waals surface area (Å²) in [6.45, 7) is 0.0249. The lowest BCUT2D eigenvalue weighted by Gasteiger charge is -2.26. The zero-order valence-corrected chi connectivity index (χ0v) is 22.7. The van der Waals surface area contributed by atoms with Crippen LogP contribution in [0, 0.1) is 0 Å². The van der Waals surface area contributed by atoms with Crippen LogP contribution in [0.3, 0.4) is 0 Å². The van der Waals surface area contributed by atoms with E-state index >= 15 is 0 Å². The number of esters is 2. The number of ether oxygens (including phenoxy) is 3. The van der Waals surface area contributed by atoms with Crippen molar-refractivity contribution in [1.82, 2.24) is 4.47 Å². The second-order valence-electron chi connectivity index (χ2n) is 9.06. The molecule has 3 atom stereocenters. The minimum Gasteiger partial charge on any atom is -0.461 e. The van der Waals surface area contributed by atoms with Gasteiger partial charge in [0, 0.05) is 0 Å². The molecule has 1 aliphatic heterocycles. The Morgan fingerprint density at radius 2 is 1.12 bits per heavy atom. The number of hydrogen-bond donors (Lipinski definition) is 0. The van der Waals surface area contributed by atoms with E-state index in [1.54, 1.807) is 91.0 Å². The Balaban J connectivity index is 1.40. The Kier molecular flexibility index (Phi) is 9.43.